The van der Waals surface area contributed by atoms with E-state index < -0.39 is 8.07 Å². The summed E-state index contributed by atoms with van der Waals surface area (Å²) in [6.45, 7) is 21.7. The van der Waals surface area contributed by atoms with Crippen LogP contribution in [0.25, 0.3) is 0 Å². The molecule has 0 radical (unpaired) electrons. The molecule has 1 aromatic carbocycles. The van der Waals surface area contributed by atoms with Crippen molar-refractivity contribution in [2.45, 2.75) is 85.1 Å². The van der Waals surface area contributed by atoms with Gasteiger partial charge in [0, 0.05) is 11.3 Å². The Kier molecular flexibility index (Phi) is 5.87. The Bertz CT molecular complexity index is 766. The minimum Gasteiger partial charge on any atom is -0.399 e. The van der Waals surface area contributed by atoms with E-state index in [-0.39, 0.29) is 18.3 Å². The maximum Gasteiger partial charge on any atom is 0.495 e. The molecular formula is C21H33BO2SSi. The molecule has 1 saturated heterocycles. The van der Waals surface area contributed by atoms with Gasteiger partial charge in [-0.1, -0.05) is 25.6 Å². The van der Waals surface area contributed by atoms with E-state index in [4.69, 9.17) is 9.31 Å². The van der Waals surface area contributed by atoms with Gasteiger partial charge in [0.25, 0.3) is 0 Å². The summed E-state index contributed by atoms with van der Waals surface area (Å²) in [4.78, 5) is 0. The summed E-state index contributed by atoms with van der Waals surface area (Å²) in [5, 5.41) is 0. The third-order valence-electron chi connectivity index (χ3n) is 5.67. The number of benzene rings is 1. The minimum atomic E-state index is -1.46. The first-order valence-corrected chi connectivity index (χ1v) is 13.5. The predicted molar refractivity (Wildman–Crippen MR) is 119 cm³/mol. The van der Waals surface area contributed by atoms with Gasteiger partial charge >= 0.3 is 7.12 Å². The first-order chi connectivity index (χ1) is 11.7. The Morgan fingerprint density at radius 3 is 1.85 bits per heavy atom. The van der Waals surface area contributed by atoms with E-state index in [1.165, 1.54) is 22.3 Å². The van der Waals surface area contributed by atoms with Crippen LogP contribution in [-0.4, -0.2) is 26.4 Å². The molecule has 1 fully saturated rings. The first-order valence-electron chi connectivity index (χ1n) is 9.34. The molecular weight excluding hydrogens is 355 g/mol. The number of rotatable bonds is 2. The number of hydrogen-bond acceptors (Lipinski definition) is 3. The molecule has 26 heavy (non-hydrogen) atoms. The van der Waals surface area contributed by atoms with Gasteiger partial charge in [0.05, 0.1) is 11.2 Å². The third-order valence-corrected chi connectivity index (χ3v) is 6.86. The zero-order chi connectivity index (χ0) is 20.1. The third kappa shape index (κ3) is 3.94. The molecule has 0 aromatic heterocycles. The molecule has 0 amide bonds. The molecule has 0 N–H and O–H groups in total. The van der Waals surface area contributed by atoms with Crippen LogP contribution in [0.1, 0.15) is 55.5 Å². The highest BCUT2D eigenvalue weighted by Crippen LogP contribution is 2.37. The van der Waals surface area contributed by atoms with Gasteiger partial charge in [0.1, 0.15) is 8.07 Å². The Labute approximate surface area is 167 Å². The van der Waals surface area contributed by atoms with Gasteiger partial charge < -0.3 is 9.31 Å². The van der Waals surface area contributed by atoms with E-state index in [2.05, 4.69) is 92.2 Å². The SMILES string of the molecule is Cc1c(C#C[Si](C)(C)C)c(C)c(B2OC(C)(C)C(C)(C)O2)c(C)c1CS. The predicted octanol–water partition coefficient (Wildman–Crippen LogP) is 4.57. The fourth-order valence-corrected chi connectivity index (χ4v) is 4.26. The van der Waals surface area contributed by atoms with E-state index in [1.54, 1.807) is 0 Å². The van der Waals surface area contributed by atoms with Crippen LogP contribution in [0.5, 0.6) is 0 Å². The second-order valence-electron chi connectivity index (χ2n) is 9.39. The number of thiol groups is 1. The molecule has 0 spiro atoms. The van der Waals surface area contributed by atoms with Gasteiger partial charge in [-0.2, -0.15) is 12.6 Å². The Morgan fingerprint density at radius 1 is 0.923 bits per heavy atom. The highest BCUT2D eigenvalue weighted by atomic mass is 32.1. The van der Waals surface area contributed by atoms with Crippen molar-refractivity contribution in [1.82, 2.24) is 0 Å². The number of hydrogen-bond donors (Lipinski definition) is 1. The van der Waals surface area contributed by atoms with E-state index >= 15 is 0 Å². The molecule has 0 atom stereocenters. The maximum absolute atomic E-state index is 6.36. The van der Waals surface area contributed by atoms with E-state index in [1.807, 2.05) is 0 Å². The molecule has 0 aliphatic carbocycles. The molecule has 2 rings (SSSR count). The Hall–Kier alpha value is -0.668. The van der Waals surface area contributed by atoms with Crippen LogP contribution in [0.2, 0.25) is 19.6 Å². The minimum absolute atomic E-state index is 0.354. The van der Waals surface area contributed by atoms with Crippen LogP contribution in [0.4, 0.5) is 0 Å². The quantitative estimate of drug-likeness (QED) is 0.455. The van der Waals surface area contributed by atoms with E-state index in [9.17, 15) is 0 Å². The zero-order valence-corrected chi connectivity index (χ0v) is 19.9. The summed E-state index contributed by atoms with van der Waals surface area (Å²) in [5.41, 5.74) is 9.92. The highest BCUT2D eigenvalue weighted by Gasteiger charge is 2.52. The fourth-order valence-electron chi connectivity index (χ4n) is 3.28. The van der Waals surface area contributed by atoms with E-state index in [0.29, 0.717) is 5.75 Å². The standard InChI is InChI=1S/C21H33BO2SSi/c1-14-17(11-12-26(8,9)10)15(2)19(16(3)18(14)13-25)22-23-20(4,5)21(6,7)24-22/h25H,13H2,1-10H3. The average molecular weight is 388 g/mol. The molecule has 142 valence electrons. The van der Waals surface area contributed by atoms with Gasteiger partial charge in [-0.05, 0) is 76.2 Å². The molecule has 1 aliphatic heterocycles. The van der Waals surface area contributed by atoms with Crippen molar-refractivity contribution in [1.29, 1.82) is 0 Å². The van der Waals surface area contributed by atoms with Gasteiger partial charge in [0.2, 0.25) is 0 Å². The lowest BCUT2D eigenvalue weighted by molar-refractivity contribution is 0.00578. The van der Waals surface area contributed by atoms with Gasteiger partial charge in [0.15, 0.2) is 0 Å². The topological polar surface area (TPSA) is 18.5 Å². The van der Waals surface area contributed by atoms with Crippen LogP contribution in [-0.2, 0) is 15.1 Å². The lowest BCUT2D eigenvalue weighted by atomic mass is 9.70. The summed E-state index contributed by atoms with van der Waals surface area (Å²) in [5.74, 6) is 4.18. The van der Waals surface area contributed by atoms with E-state index in [0.717, 1.165) is 11.0 Å². The highest BCUT2D eigenvalue weighted by molar-refractivity contribution is 7.79. The van der Waals surface area contributed by atoms with Gasteiger partial charge in [-0.15, -0.1) is 5.54 Å². The van der Waals surface area contributed by atoms with Crippen molar-refractivity contribution in [2.75, 3.05) is 0 Å². The molecule has 2 nitrogen and oxygen atoms in total. The summed E-state index contributed by atoms with van der Waals surface area (Å²) in [6, 6.07) is 0. The summed E-state index contributed by atoms with van der Waals surface area (Å²) in [6.07, 6.45) is 0. The Morgan fingerprint density at radius 2 is 1.42 bits per heavy atom. The van der Waals surface area contributed by atoms with Crippen LogP contribution < -0.4 is 5.46 Å². The van der Waals surface area contributed by atoms with Crippen molar-refractivity contribution >= 4 is 33.3 Å². The van der Waals surface area contributed by atoms with Crippen molar-refractivity contribution in [3.63, 3.8) is 0 Å². The molecule has 0 bridgehead atoms. The molecule has 1 aromatic rings. The summed E-state index contributed by atoms with van der Waals surface area (Å²) >= 11 is 4.59. The van der Waals surface area contributed by atoms with Crippen molar-refractivity contribution in [2.24, 2.45) is 0 Å². The Balaban J connectivity index is 2.69. The molecule has 0 unspecified atom stereocenters. The normalized spacial score (nSPS) is 18.7. The lowest BCUT2D eigenvalue weighted by Crippen LogP contribution is -2.41. The maximum atomic E-state index is 6.36. The van der Waals surface area contributed by atoms with Gasteiger partial charge in [-0.25, -0.2) is 0 Å². The lowest BCUT2D eigenvalue weighted by Gasteiger charge is -2.32. The van der Waals surface area contributed by atoms with Crippen LogP contribution in [0, 0.1) is 32.2 Å². The second kappa shape index (κ2) is 7.05. The molecule has 5 heteroatoms. The second-order valence-corrected chi connectivity index (χ2v) is 14.5. The van der Waals surface area contributed by atoms with Crippen molar-refractivity contribution < 1.29 is 9.31 Å². The molecule has 0 saturated carbocycles. The average Bonchev–Trinajstić information content (AvgIpc) is 2.65. The monoisotopic (exact) mass is 388 g/mol. The molecule has 1 heterocycles. The fraction of sp³-hybridized carbons (Fsp3) is 0.619. The van der Waals surface area contributed by atoms with Crippen LogP contribution in [0.3, 0.4) is 0 Å². The van der Waals surface area contributed by atoms with Crippen LogP contribution in [0.15, 0.2) is 0 Å². The molecule has 1 aliphatic rings. The summed E-state index contributed by atoms with van der Waals surface area (Å²) < 4.78 is 12.7. The van der Waals surface area contributed by atoms with Gasteiger partial charge in [-0.3, -0.25) is 0 Å². The summed E-state index contributed by atoms with van der Waals surface area (Å²) in [7, 11) is -1.83. The van der Waals surface area contributed by atoms with Crippen LogP contribution >= 0.6 is 12.6 Å². The zero-order valence-electron chi connectivity index (χ0n) is 18.0. The first kappa shape index (κ1) is 21.6. The van der Waals surface area contributed by atoms with Crippen molar-refractivity contribution in [3.8, 4) is 11.5 Å². The largest absolute Gasteiger partial charge is 0.495 e. The van der Waals surface area contributed by atoms with Crippen molar-refractivity contribution in [3.05, 3.63) is 27.8 Å². The smallest absolute Gasteiger partial charge is 0.399 e.